The SMILES string of the molecule is CC(C)CCC[C@@H](C)[C@H]1CC[C@H]2[C@@H]3C[C@@H](Cl)[C@@]4(Cl)C[C@@H](O)CC[C@]4(C)[C@H]3CC[C@]12C. The lowest BCUT2D eigenvalue weighted by Crippen LogP contribution is -2.64. The van der Waals surface area contributed by atoms with Crippen molar-refractivity contribution in [1.82, 2.24) is 0 Å². The third-order valence-corrected chi connectivity index (χ3v) is 12.4. The molecule has 0 aromatic carbocycles. The van der Waals surface area contributed by atoms with E-state index in [1.165, 1.54) is 44.9 Å². The Morgan fingerprint density at radius 3 is 2.40 bits per heavy atom. The highest BCUT2D eigenvalue weighted by atomic mass is 35.5. The van der Waals surface area contributed by atoms with E-state index in [1.807, 2.05) is 0 Å². The summed E-state index contributed by atoms with van der Waals surface area (Å²) >= 11 is 14.4. The Morgan fingerprint density at radius 1 is 0.967 bits per heavy atom. The second-order valence-electron chi connectivity index (χ2n) is 12.8. The van der Waals surface area contributed by atoms with Gasteiger partial charge in [-0.2, -0.15) is 0 Å². The van der Waals surface area contributed by atoms with E-state index < -0.39 is 4.87 Å². The number of hydrogen-bond donors (Lipinski definition) is 1. The fourth-order valence-corrected chi connectivity index (χ4v) is 10.2. The molecule has 0 unspecified atom stereocenters. The third-order valence-electron chi connectivity index (χ3n) is 10.9. The lowest BCUT2D eigenvalue weighted by atomic mass is 9.44. The van der Waals surface area contributed by atoms with Crippen LogP contribution >= 0.6 is 23.2 Å². The van der Waals surface area contributed by atoms with Crippen LogP contribution in [0.15, 0.2) is 0 Å². The molecule has 0 aliphatic heterocycles. The molecule has 4 aliphatic carbocycles. The lowest BCUT2D eigenvalue weighted by Gasteiger charge is -2.65. The molecule has 4 fully saturated rings. The average Bonchev–Trinajstić information content (AvgIpc) is 3.01. The molecule has 174 valence electrons. The van der Waals surface area contributed by atoms with E-state index in [0.717, 1.165) is 48.9 Å². The maximum Gasteiger partial charge on any atom is 0.0690 e. The summed E-state index contributed by atoms with van der Waals surface area (Å²) in [6.45, 7) is 12.3. The quantitative estimate of drug-likeness (QED) is 0.414. The molecule has 0 aromatic heterocycles. The first-order valence-corrected chi connectivity index (χ1v) is 13.9. The molecular formula is C27H46Cl2O. The average molecular weight is 458 g/mol. The van der Waals surface area contributed by atoms with Gasteiger partial charge in [-0.05, 0) is 97.7 Å². The van der Waals surface area contributed by atoms with Crippen molar-refractivity contribution in [2.75, 3.05) is 0 Å². The number of hydrogen-bond acceptors (Lipinski definition) is 1. The lowest BCUT2D eigenvalue weighted by molar-refractivity contribution is -0.116. The van der Waals surface area contributed by atoms with Gasteiger partial charge in [-0.3, -0.25) is 0 Å². The summed E-state index contributed by atoms with van der Waals surface area (Å²) in [6.07, 6.45) is 13.1. The fourth-order valence-electron chi connectivity index (χ4n) is 9.19. The standard InChI is InChI=1S/C27H46Cl2O/c1-17(2)7-6-8-18(3)21-9-10-22-20-15-24(28)27(29)16-19(30)11-14-26(27,5)23(20)12-13-25(21,22)4/h17-24,30H,6-16H2,1-5H3/t18-,19+,20+,21-,22+,23+,24-,25-,26-,27+/m1/s1. The van der Waals surface area contributed by atoms with Gasteiger partial charge in [0.1, 0.15) is 0 Å². The summed E-state index contributed by atoms with van der Waals surface area (Å²) in [5.41, 5.74) is 0.567. The molecule has 1 N–H and O–H groups in total. The van der Waals surface area contributed by atoms with E-state index in [4.69, 9.17) is 23.2 Å². The Bertz CT molecular complexity index is 622. The number of aliphatic hydroxyl groups excluding tert-OH is 1. The monoisotopic (exact) mass is 456 g/mol. The normalized spacial score (nSPS) is 51.9. The number of halogens is 2. The molecule has 0 radical (unpaired) electrons. The highest BCUT2D eigenvalue weighted by Gasteiger charge is 2.67. The van der Waals surface area contributed by atoms with Crippen LogP contribution in [0.5, 0.6) is 0 Å². The predicted molar refractivity (Wildman–Crippen MR) is 129 cm³/mol. The van der Waals surface area contributed by atoms with Crippen LogP contribution in [0.4, 0.5) is 0 Å². The Labute approximate surface area is 196 Å². The van der Waals surface area contributed by atoms with E-state index in [0.29, 0.717) is 17.8 Å². The van der Waals surface area contributed by atoms with Gasteiger partial charge >= 0.3 is 0 Å². The molecule has 10 atom stereocenters. The Hall–Kier alpha value is 0.540. The molecule has 0 heterocycles. The van der Waals surface area contributed by atoms with Gasteiger partial charge in [0.2, 0.25) is 0 Å². The largest absolute Gasteiger partial charge is 0.393 e. The Kier molecular flexibility index (Phi) is 6.63. The van der Waals surface area contributed by atoms with Crippen LogP contribution in [-0.2, 0) is 0 Å². The highest BCUT2D eigenvalue weighted by Crippen LogP contribution is 2.71. The molecule has 3 heteroatoms. The van der Waals surface area contributed by atoms with Crippen molar-refractivity contribution in [3.63, 3.8) is 0 Å². The topological polar surface area (TPSA) is 20.2 Å². The summed E-state index contributed by atoms with van der Waals surface area (Å²) in [6, 6.07) is 0. The van der Waals surface area contributed by atoms with Crippen LogP contribution in [0.1, 0.15) is 105 Å². The van der Waals surface area contributed by atoms with Crippen molar-refractivity contribution in [1.29, 1.82) is 0 Å². The van der Waals surface area contributed by atoms with Crippen LogP contribution < -0.4 is 0 Å². The van der Waals surface area contributed by atoms with Crippen molar-refractivity contribution in [2.45, 2.75) is 122 Å². The summed E-state index contributed by atoms with van der Waals surface area (Å²) in [5.74, 6) is 4.79. The fraction of sp³-hybridized carbons (Fsp3) is 1.00. The van der Waals surface area contributed by atoms with Gasteiger partial charge in [0.05, 0.1) is 16.4 Å². The first kappa shape index (κ1) is 23.7. The second-order valence-corrected chi connectivity index (χ2v) is 14.0. The third kappa shape index (κ3) is 3.60. The number of rotatable bonds is 5. The number of alkyl halides is 2. The Balaban J connectivity index is 1.53. The van der Waals surface area contributed by atoms with E-state index in [1.54, 1.807) is 0 Å². The first-order chi connectivity index (χ1) is 14.0. The minimum atomic E-state index is -0.427. The molecule has 0 saturated heterocycles. The summed E-state index contributed by atoms with van der Waals surface area (Å²) < 4.78 is 0. The number of aliphatic hydroxyl groups is 1. The minimum Gasteiger partial charge on any atom is -0.393 e. The van der Waals surface area contributed by atoms with Gasteiger partial charge in [0.15, 0.2) is 0 Å². The van der Waals surface area contributed by atoms with E-state index in [2.05, 4.69) is 34.6 Å². The van der Waals surface area contributed by atoms with E-state index in [9.17, 15) is 5.11 Å². The molecule has 0 bridgehead atoms. The van der Waals surface area contributed by atoms with Crippen molar-refractivity contribution in [2.24, 2.45) is 46.3 Å². The zero-order chi connectivity index (χ0) is 21.9. The summed E-state index contributed by atoms with van der Waals surface area (Å²) in [4.78, 5) is -0.427. The molecule has 4 aliphatic rings. The molecule has 1 nitrogen and oxygen atoms in total. The summed E-state index contributed by atoms with van der Waals surface area (Å²) in [5, 5.41) is 10.4. The van der Waals surface area contributed by atoms with E-state index >= 15 is 0 Å². The van der Waals surface area contributed by atoms with Crippen molar-refractivity contribution >= 4 is 23.2 Å². The maximum atomic E-state index is 10.4. The zero-order valence-corrected chi connectivity index (χ0v) is 21.6. The summed E-state index contributed by atoms with van der Waals surface area (Å²) in [7, 11) is 0. The maximum absolute atomic E-state index is 10.4. The van der Waals surface area contributed by atoms with Gasteiger partial charge in [0, 0.05) is 0 Å². The van der Waals surface area contributed by atoms with Crippen LogP contribution in [0.25, 0.3) is 0 Å². The van der Waals surface area contributed by atoms with Crippen LogP contribution in [0.3, 0.4) is 0 Å². The molecule has 0 aromatic rings. The molecular weight excluding hydrogens is 411 g/mol. The van der Waals surface area contributed by atoms with Crippen LogP contribution in [0, 0.1) is 46.3 Å². The molecule has 0 spiro atoms. The van der Waals surface area contributed by atoms with Gasteiger partial charge in [0.25, 0.3) is 0 Å². The smallest absolute Gasteiger partial charge is 0.0690 e. The molecule has 4 saturated carbocycles. The van der Waals surface area contributed by atoms with Gasteiger partial charge < -0.3 is 5.11 Å². The van der Waals surface area contributed by atoms with Crippen molar-refractivity contribution < 1.29 is 5.11 Å². The molecule has 30 heavy (non-hydrogen) atoms. The van der Waals surface area contributed by atoms with Gasteiger partial charge in [-0.25, -0.2) is 0 Å². The molecule has 0 amide bonds. The van der Waals surface area contributed by atoms with Crippen LogP contribution in [0.2, 0.25) is 0 Å². The van der Waals surface area contributed by atoms with Crippen LogP contribution in [-0.4, -0.2) is 21.5 Å². The van der Waals surface area contributed by atoms with Crippen molar-refractivity contribution in [3.05, 3.63) is 0 Å². The second kappa shape index (κ2) is 8.39. The van der Waals surface area contributed by atoms with Gasteiger partial charge in [-0.1, -0.05) is 53.9 Å². The first-order valence-electron chi connectivity index (χ1n) is 13.0. The van der Waals surface area contributed by atoms with Crippen molar-refractivity contribution in [3.8, 4) is 0 Å². The zero-order valence-electron chi connectivity index (χ0n) is 20.1. The molecule has 4 rings (SSSR count). The highest BCUT2D eigenvalue weighted by molar-refractivity contribution is 6.33. The Morgan fingerprint density at radius 2 is 1.70 bits per heavy atom. The predicted octanol–water partition coefficient (Wildman–Crippen LogP) is 8.05. The minimum absolute atomic E-state index is 0.00904. The van der Waals surface area contributed by atoms with E-state index in [-0.39, 0.29) is 16.9 Å². The number of fused-ring (bicyclic) bond motifs is 5. The van der Waals surface area contributed by atoms with Gasteiger partial charge in [-0.15, -0.1) is 23.2 Å².